The van der Waals surface area contributed by atoms with Crippen molar-refractivity contribution in [2.75, 3.05) is 0 Å². The van der Waals surface area contributed by atoms with Crippen LogP contribution in [-0.2, 0) is 17.4 Å². The van der Waals surface area contributed by atoms with E-state index in [1.807, 2.05) is 24.4 Å². The first-order valence-electron chi connectivity index (χ1n) is 9.41. The largest absolute Gasteiger partial charge is 0.508 e. The Labute approximate surface area is 158 Å². The van der Waals surface area contributed by atoms with E-state index in [1.165, 1.54) is 22.5 Å². The molecule has 1 aromatic heterocycles. The molecule has 4 atom stereocenters. The lowest BCUT2D eigenvalue weighted by Crippen LogP contribution is -2.62. The topological polar surface area (TPSA) is 73.6 Å². The molecule has 0 spiro atoms. The summed E-state index contributed by atoms with van der Waals surface area (Å²) in [4.78, 5) is 4.52. The smallest absolute Gasteiger partial charge is 0.144 e. The molecular weight excluding hydrogens is 346 g/mol. The summed E-state index contributed by atoms with van der Waals surface area (Å²) < 4.78 is 0. The van der Waals surface area contributed by atoms with Gasteiger partial charge in [0.15, 0.2) is 0 Å². The van der Waals surface area contributed by atoms with Crippen LogP contribution in [0.4, 0.5) is 0 Å². The molecule has 5 heteroatoms. The van der Waals surface area contributed by atoms with Crippen molar-refractivity contribution >= 4 is 11.3 Å². The maximum absolute atomic E-state index is 11.6. The second kappa shape index (κ2) is 5.78. The van der Waals surface area contributed by atoms with E-state index in [-0.39, 0.29) is 11.3 Å². The van der Waals surface area contributed by atoms with Gasteiger partial charge in [-0.3, -0.25) is 0 Å². The van der Waals surface area contributed by atoms with Crippen molar-refractivity contribution in [3.8, 4) is 5.75 Å². The molecule has 1 saturated carbocycles. The molecule has 4 nitrogen and oxygen atoms in total. The first kappa shape index (κ1) is 18.0. The zero-order valence-electron chi connectivity index (χ0n) is 15.6. The van der Waals surface area contributed by atoms with Crippen LogP contribution in [0.3, 0.4) is 0 Å². The second-order valence-corrected chi connectivity index (χ2v) is 9.25. The highest BCUT2D eigenvalue weighted by molar-refractivity contribution is 7.09. The highest BCUT2D eigenvalue weighted by Gasteiger charge is 2.61. The summed E-state index contributed by atoms with van der Waals surface area (Å²) in [6, 6.07) is 5.63. The third-order valence-electron chi connectivity index (χ3n) is 6.87. The van der Waals surface area contributed by atoms with Crippen LogP contribution in [0.25, 0.3) is 0 Å². The van der Waals surface area contributed by atoms with Crippen LogP contribution in [0, 0.1) is 12.8 Å². The van der Waals surface area contributed by atoms with Gasteiger partial charge in [-0.2, -0.15) is 0 Å². The minimum Gasteiger partial charge on any atom is -0.508 e. The number of aromatic hydroxyl groups is 1. The van der Waals surface area contributed by atoms with Crippen molar-refractivity contribution in [3.05, 3.63) is 45.4 Å². The average molecular weight is 374 g/mol. The number of phenols is 1. The summed E-state index contributed by atoms with van der Waals surface area (Å²) in [6.45, 7) is 5.84. The summed E-state index contributed by atoms with van der Waals surface area (Å²) in [6.07, 6.45) is 3.76. The summed E-state index contributed by atoms with van der Waals surface area (Å²) in [7, 11) is 0. The number of rotatable bonds is 2. The summed E-state index contributed by atoms with van der Waals surface area (Å²) in [5.74, 6) is 0.574. The molecule has 140 valence electrons. The molecule has 2 aliphatic rings. The number of thiazole rings is 1. The van der Waals surface area contributed by atoms with Crippen molar-refractivity contribution in [1.29, 1.82) is 0 Å². The minimum atomic E-state index is -1.32. The Morgan fingerprint density at radius 2 is 2.08 bits per heavy atom. The molecule has 26 heavy (non-hydrogen) atoms. The van der Waals surface area contributed by atoms with E-state index in [4.69, 9.17) is 0 Å². The highest BCUT2D eigenvalue weighted by Crippen LogP contribution is 2.60. The maximum atomic E-state index is 11.6. The fourth-order valence-electron chi connectivity index (χ4n) is 5.44. The predicted octanol–water partition coefficient (Wildman–Crippen LogP) is 3.80. The van der Waals surface area contributed by atoms with Crippen LogP contribution in [-0.4, -0.2) is 25.9 Å². The first-order valence-corrected chi connectivity index (χ1v) is 10.3. The van der Waals surface area contributed by atoms with Crippen molar-refractivity contribution in [3.63, 3.8) is 0 Å². The van der Waals surface area contributed by atoms with E-state index >= 15 is 0 Å². The predicted molar refractivity (Wildman–Crippen MR) is 102 cm³/mol. The van der Waals surface area contributed by atoms with Gasteiger partial charge in [0.25, 0.3) is 0 Å². The number of aromatic nitrogens is 1. The fraction of sp³-hybridized carbons (Fsp3) is 0.571. The summed E-state index contributed by atoms with van der Waals surface area (Å²) >= 11 is 1.44. The van der Waals surface area contributed by atoms with Crippen LogP contribution in [0.1, 0.15) is 61.4 Å². The van der Waals surface area contributed by atoms with Crippen molar-refractivity contribution < 1.29 is 15.3 Å². The van der Waals surface area contributed by atoms with E-state index < -0.39 is 11.2 Å². The Morgan fingerprint density at radius 3 is 2.73 bits per heavy atom. The van der Waals surface area contributed by atoms with E-state index in [2.05, 4.69) is 11.9 Å². The van der Waals surface area contributed by atoms with Crippen LogP contribution < -0.4 is 0 Å². The zero-order valence-corrected chi connectivity index (χ0v) is 16.4. The molecule has 1 heterocycles. The van der Waals surface area contributed by atoms with Gasteiger partial charge < -0.3 is 15.3 Å². The molecule has 0 saturated heterocycles. The highest BCUT2D eigenvalue weighted by atomic mass is 32.1. The van der Waals surface area contributed by atoms with Gasteiger partial charge in [0.1, 0.15) is 16.4 Å². The second-order valence-electron chi connectivity index (χ2n) is 8.40. The molecule has 0 aliphatic heterocycles. The first-order chi connectivity index (χ1) is 12.2. The van der Waals surface area contributed by atoms with Gasteiger partial charge in [0.2, 0.25) is 0 Å². The van der Waals surface area contributed by atoms with Gasteiger partial charge >= 0.3 is 0 Å². The lowest BCUT2D eigenvalue weighted by molar-refractivity contribution is -0.205. The lowest BCUT2D eigenvalue weighted by Gasteiger charge is -2.58. The quantitative estimate of drug-likeness (QED) is 0.749. The number of nitrogens with zero attached hydrogens (tertiary/aromatic N) is 1. The molecule has 2 aromatic rings. The van der Waals surface area contributed by atoms with E-state index in [0.717, 1.165) is 25.0 Å². The Morgan fingerprint density at radius 1 is 1.31 bits per heavy atom. The van der Waals surface area contributed by atoms with Crippen molar-refractivity contribution in [2.24, 2.45) is 5.92 Å². The van der Waals surface area contributed by atoms with Crippen LogP contribution in [0.15, 0.2) is 23.6 Å². The number of benzene rings is 1. The molecule has 3 N–H and O–H groups in total. The lowest BCUT2D eigenvalue weighted by atomic mass is 9.49. The minimum absolute atomic E-state index is 0.177. The van der Waals surface area contributed by atoms with Crippen LogP contribution in [0.5, 0.6) is 5.75 Å². The molecule has 0 radical (unpaired) electrons. The number of aryl methyl sites for hydroxylation is 2. The Hall–Kier alpha value is -1.43. The Balaban J connectivity index is 1.83. The van der Waals surface area contributed by atoms with Crippen LogP contribution >= 0.6 is 11.3 Å². The summed E-state index contributed by atoms with van der Waals surface area (Å²) in [5, 5.41) is 35.5. The van der Waals surface area contributed by atoms with E-state index in [0.29, 0.717) is 23.6 Å². The van der Waals surface area contributed by atoms with Crippen molar-refractivity contribution in [1.82, 2.24) is 4.98 Å². The molecule has 1 fully saturated rings. The third kappa shape index (κ3) is 2.37. The van der Waals surface area contributed by atoms with E-state index in [1.54, 1.807) is 13.0 Å². The standard InChI is InChI=1S/C21H27NO3S/c1-4-20-12-19(3,24)21(25,18-22-13(2)11-26-18)10-15(20)6-5-14-9-16(23)7-8-17(14)20/h7-9,11,15,23-25H,4-6,10,12H2,1-3H3/t15-,19?,20?,21?/m1/s1. The van der Waals surface area contributed by atoms with Gasteiger partial charge in [-0.05, 0) is 75.1 Å². The number of aliphatic hydroxyl groups is 2. The molecule has 3 unspecified atom stereocenters. The molecule has 1 aromatic carbocycles. The molecule has 2 aliphatic carbocycles. The SMILES string of the molecule is CCC12CC(C)(O)C(O)(c3nc(C)cs3)C[C@H]1CCc1cc(O)ccc12. The van der Waals surface area contributed by atoms with Gasteiger partial charge in [0.05, 0.1) is 5.60 Å². The van der Waals surface area contributed by atoms with Gasteiger partial charge in [-0.1, -0.05) is 13.0 Å². The maximum Gasteiger partial charge on any atom is 0.144 e. The third-order valence-corrected chi connectivity index (χ3v) is 7.98. The number of hydrogen-bond donors (Lipinski definition) is 3. The zero-order chi connectivity index (χ0) is 18.7. The molecular formula is C21H27NO3S. The van der Waals surface area contributed by atoms with E-state index in [9.17, 15) is 15.3 Å². The molecule has 4 rings (SSSR count). The number of phenolic OH excluding ortho intramolecular Hbond substituents is 1. The monoisotopic (exact) mass is 373 g/mol. The molecule has 0 amide bonds. The summed E-state index contributed by atoms with van der Waals surface area (Å²) in [5.41, 5.74) is 0.524. The van der Waals surface area contributed by atoms with Crippen LogP contribution in [0.2, 0.25) is 0 Å². The Kier molecular flexibility index (Phi) is 3.99. The van der Waals surface area contributed by atoms with Gasteiger partial charge in [0, 0.05) is 16.5 Å². The normalized spacial score (nSPS) is 36.4. The van der Waals surface area contributed by atoms with Gasteiger partial charge in [-0.15, -0.1) is 11.3 Å². The average Bonchev–Trinajstić information content (AvgIpc) is 3.02. The fourth-order valence-corrected chi connectivity index (χ4v) is 6.47. The van der Waals surface area contributed by atoms with Gasteiger partial charge in [-0.25, -0.2) is 4.98 Å². The molecule has 0 bridgehead atoms. The van der Waals surface area contributed by atoms with Crippen molar-refractivity contribution in [2.45, 2.75) is 69.5 Å². The number of fused-ring (bicyclic) bond motifs is 3. The Bertz CT molecular complexity index is 846. The number of hydrogen-bond acceptors (Lipinski definition) is 5.